The maximum atomic E-state index is 5.42. The van der Waals surface area contributed by atoms with E-state index in [1.807, 2.05) is 6.07 Å². The Balaban J connectivity index is 2.10. The number of hydrogen-bond donors (Lipinski definition) is 1. The van der Waals surface area contributed by atoms with Crippen LogP contribution in [0.5, 0.6) is 11.5 Å². The number of methoxy groups -OCH3 is 3. The normalized spacial score (nSPS) is 16.6. The molecular weight excluding hydrogens is 254 g/mol. The molecule has 1 saturated carbocycles. The fourth-order valence-electron chi connectivity index (χ4n) is 2.84. The number of benzene rings is 1. The third-order valence-corrected chi connectivity index (χ3v) is 4.25. The summed E-state index contributed by atoms with van der Waals surface area (Å²) in [6.45, 7) is 2.64. The number of hydrogen-bond acceptors (Lipinski definition) is 4. The van der Waals surface area contributed by atoms with Gasteiger partial charge in [-0.05, 0) is 30.5 Å². The lowest BCUT2D eigenvalue weighted by Gasteiger charge is -2.43. The molecule has 0 heterocycles. The molecule has 0 saturated heterocycles. The summed E-state index contributed by atoms with van der Waals surface area (Å²) in [6, 6.07) is 6.29. The fourth-order valence-corrected chi connectivity index (χ4v) is 2.84. The molecule has 0 aliphatic heterocycles. The van der Waals surface area contributed by atoms with Crippen LogP contribution in [-0.2, 0) is 10.2 Å². The summed E-state index contributed by atoms with van der Waals surface area (Å²) in [5, 5.41) is 3.50. The molecule has 0 atom stereocenters. The third-order valence-electron chi connectivity index (χ3n) is 4.25. The molecule has 0 bridgehead atoms. The molecule has 0 spiro atoms. The first-order valence-corrected chi connectivity index (χ1v) is 7.18. The Bertz CT molecular complexity index is 430. The number of rotatable bonds is 8. The van der Waals surface area contributed by atoms with Gasteiger partial charge in [-0.2, -0.15) is 0 Å². The first-order valence-electron chi connectivity index (χ1n) is 7.18. The van der Waals surface area contributed by atoms with Crippen LogP contribution in [0.1, 0.15) is 24.8 Å². The zero-order valence-electron chi connectivity index (χ0n) is 12.7. The minimum absolute atomic E-state index is 0.243. The molecule has 0 aromatic heterocycles. The average Bonchev–Trinajstić information content (AvgIpc) is 2.45. The van der Waals surface area contributed by atoms with Gasteiger partial charge >= 0.3 is 0 Å². The number of nitrogens with one attached hydrogen (secondary N) is 1. The van der Waals surface area contributed by atoms with Crippen LogP contribution in [0.2, 0.25) is 0 Å². The van der Waals surface area contributed by atoms with Gasteiger partial charge in [0.1, 0.15) is 0 Å². The average molecular weight is 279 g/mol. The topological polar surface area (TPSA) is 39.7 Å². The second-order valence-electron chi connectivity index (χ2n) is 5.37. The molecule has 1 aromatic rings. The maximum absolute atomic E-state index is 5.42. The Morgan fingerprint density at radius 1 is 1.10 bits per heavy atom. The van der Waals surface area contributed by atoms with Crippen LogP contribution >= 0.6 is 0 Å². The van der Waals surface area contributed by atoms with Crippen molar-refractivity contribution in [3.63, 3.8) is 0 Å². The van der Waals surface area contributed by atoms with Gasteiger partial charge in [-0.25, -0.2) is 0 Å². The molecule has 1 aliphatic rings. The summed E-state index contributed by atoms with van der Waals surface area (Å²) >= 11 is 0. The van der Waals surface area contributed by atoms with Gasteiger partial charge in [0.05, 0.1) is 20.8 Å². The molecule has 1 N–H and O–H groups in total. The van der Waals surface area contributed by atoms with Gasteiger partial charge < -0.3 is 19.5 Å². The van der Waals surface area contributed by atoms with Gasteiger partial charge in [-0.15, -0.1) is 0 Å². The lowest BCUT2D eigenvalue weighted by molar-refractivity contribution is 0.185. The molecule has 0 unspecified atom stereocenters. The zero-order chi connectivity index (χ0) is 14.4. The third kappa shape index (κ3) is 3.07. The molecule has 1 aromatic carbocycles. The van der Waals surface area contributed by atoms with E-state index in [-0.39, 0.29) is 5.41 Å². The molecular formula is C16H25NO3. The molecule has 1 aliphatic carbocycles. The van der Waals surface area contributed by atoms with Crippen molar-refractivity contribution in [2.24, 2.45) is 0 Å². The van der Waals surface area contributed by atoms with Crippen molar-refractivity contribution in [3.8, 4) is 11.5 Å². The molecule has 20 heavy (non-hydrogen) atoms. The van der Waals surface area contributed by atoms with E-state index in [0.29, 0.717) is 0 Å². The van der Waals surface area contributed by atoms with Crippen LogP contribution in [-0.4, -0.2) is 41.0 Å². The van der Waals surface area contributed by atoms with E-state index in [9.17, 15) is 0 Å². The summed E-state index contributed by atoms with van der Waals surface area (Å²) in [5.74, 6) is 1.60. The predicted octanol–water partition coefficient (Wildman–Crippen LogP) is 2.36. The molecule has 1 fully saturated rings. The lowest BCUT2D eigenvalue weighted by atomic mass is 9.64. The molecule has 0 radical (unpaired) electrons. The van der Waals surface area contributed by atoms with Crippen molar-refractivity contribution in [3.05, 3.63) is 23.8 Å². The van der Waals surface area contributed by atoms with Crippen LogP contribution < -0.4 is 14.8 Å². The van der Waals surface area contributed by atoms with Gasteiger partial charge in [0.15, 0.2) is 11.5 Å². The summed E-state index contributed by atoms with van der Waals surface area (Å²) in [4.78, 5) is 0. The van der Waals surface area contributed by atoms with E-state index in [4.69, 9.17) is 14.2 Å². The Kier molecular flexibility index (Phi) is 5.26. The summed E-state index contributed by atoms with van der Waals surface area (Å²) in [6.07, 6.45) is 3.74. The monoisotopic (exact) mass is 279 g/mol. The molecule has 112 valence electrons. The maximum Gasteiger partial charge on any atom is 0.161 e. The molecule has 2 rings (SSSR count). The second-order valence-corrected chi connectivity index (χ2v) is 5.37. The zero-order valence-corrected chi connectivity index (χ0v) is 12.7. The Labute approximate surface area is 121 Å². The molecule has 4 heteroatoms. The van der Waals surface area contributed by atoms with E-state index < -0.39 is 0 Å². The summed E-state index contributed by atoms with van der Waals surface area (Å²) in [7, 11) is 5.09. The molecule has 0 amide bonds. The van der Waals surface area contributed by atoms with Gasteiger partial charge in [-0.3, -0.25) is 0 Å². The smallest absolute Gasteiger partial charge is 0.161 e. The van der Waals surface area contributed by atoms with Gasteiger partial charge in [0, 0.05) is 25.6 Å². The van der Waals surface area contributed by atoms with Crippen molar-refractivity contribution in [1.82, 2.24) is 5.32 Å². The van der Waals surface area contributed by atoms with Gasteiger partial charge in [-0.1, -0.05) is 12.5 Å². The van der Waals surface area contributed by atoms with E-state index in [1.54, 1.807) is 21.3 Å². The Morgan fingerprint density at radius 3 is 2.40 bits per heavy atom. The predicted molar refractivity (Wildman–Crippen MR) is 79.8 cm³/mol. The highest BCUT2D eigenvalue weighted by Crippen LogP contribution is 2.45. The fraction of sp³-hybridized carbons (Fsp3) is 0.625. The van der Waals surface area contributed by atoms with Crippen LogP contribution in [0.4, 0.5) is 0 Å². The van der Waals surface area contributed by atoms with Crippen LogP contribution in [0.15, 0.2) is 18.2 Å². The standard InChI is InChI=1S/C16H25NO3/c1-18-10-9-17-12-16(7-4-8-16)13-5-6-14(19-2)15(11-13)20-3/h5-6,11,17H,4,7-10,12H2,1-3H3. The van der Waals surface area contributed by atoms with Crippen LogP contribution in [0, 0.1) is 0 Å². The van der Waals surface area contributed by atoms with Crippen LogP contribution in [0.25, 0.3) is 0 Å². The molecule has 4 nitrogen and oxygen atoms in total. The van der Waals surface area contributed by atoms with Gasteiger partial charge in [0.25, 0.3) is 0 Å². The van der Waals surface area contributed by atoms with Crippen molar-refractivity contribution in [2.45, 2.75) is 24.7 Å². The number of ether oxygens (including phenoxy) is 3. The highest BCUT2D eigenvalue weighted by Gasteiger charge is 2.38. The first-order chi connectivity index (χ1) is 9.75. The Hall–Kier alpha value is -1.26. The summed E-state index contributed by atoms with van der Waals surface area (Å²) in [5.41, 5.74) is 1.58. The first kappa shape index (κ1) is 15.1. The van der Waals surface area contributed by atoms with Crippen molar-refractivity contribution >= 4 is 0 Å². The highest BCUT2D eigenvalue weighted by atomic mass is 16.5. The quantitative estimate of drug-likeness (QED) is 0.742. The van der Waals surface area contributed by atoms with E-state index >= 15 is 0 Å². The van der Waals surface area contributed by atoms with E-state index in [0.717, 1.165) is 31.2 Å². The minimum atomic E-state index is 0.243. The minimum Gasteiger partial charge on any atom is -0.493 e. The lowest BCUT2D eigenvalue weighted by Crippen LogP contribution is -2.44. The summed E-state index contributed by atoms with van der Waals surface area (Å²) < 4.78 is 15.8. The largest absolute Gasteiger partial charge is 0.493 e. The Morgan fingerprint density at radius 2 is 1.85 bits per heavy atom. The SMILES string of the molecule is COCCNCC1(c2ccc(OC)c(OC)c2)CCC1. The van der Waals surface area contributed by atoms with Crippen molar-refractivity contribution in [2.75, 3.05) is 41.0 Å². The van der Waals surface area contributed by atoms with E-state index in [1.165, 1.54) is 24.8 Å². The van der Waals surface area contributed by atoms with Crippen molar-refractivity contribution in [1.29, 1.82) is 0 Å². The van der Waals surface area contributed by atoms with Crippen molar-refractivity contribution < 1.29 is 14.2 Å². The highest BCUT2D eigenvalue weighted by molar-refractivity contribution is 5.46. The second kappa shape index (κ2) is 6.95. The van der Waals surface area contributed by atoms with Crippen LogP contribution in [0.3, 0.4) is 0 Å². The van der Waals surface area contributed by atoms with E-state index in [2.05, 4.69) is 17.4 Å². The van der Waals surface area contributed by atoms with Gasteiger partial charge in [0.2, 0.25) is 0 Å².